The first kappa shape index (κ1) is 16.2. The van der Waals surface area contributed by atoms with Crippen molar-refractivity contribution in [1.82, 2.24) is 0 Å². The fraction of sp³-hybridized carbons (Fsp3) is 0.0345. The van der Waals surface area contributed by atoms with Crippen molar-refractivity contribution in [1.29, 1.82) is 0 Å². The fourth-order valence-electron chi connectivity index (χ4n) is 5.51. The Balaban J connectivity index is 1.67. The molecule has 0 N–H and O–H groups in total. The van der Waals surface area contributed by atoms with Crippen molar-refractivity contribution in [2.75, 3.05) is 0 Å². The Morgan fingerprint density at radius 3 is 1.27 bits per heavy atom. The maximum atomic E-state index is 2.39. The zero-order chi connectivity index (χ0) is 19.8. The average molecular weight is 378 g/mol. The Labute approximate surface area is 175 Å². The summed E-state index contributed by atoms with van der Waals surface area (Å²) in [5.41, 5.74) is 5.77. The lowest BCUT2D eigenvalue weighted by Crippen LogP contribution is -2.34. The topological polar surface area (TPSA) is 0 Å². The van der Waals surface area contributed by atoms with Gasteiger partial charge in [0.25, 0.3) is 0 Å². The Hall–Kier alpha value is -3.58. The van der Waals surface area contributed by atoms with Gasteiger partial charge in [-0.2, -0.15) is 0 Å². The highest BCUT2D eigenvalue weighted by molar-refractivity contribution is 6.89. The summed E-state index contributed by atoms with van der Waals surface area (Å²) in [6.07, 6.45) is 0. The molecule has 1 aliphatic rings. The van der Waals surface area contributed by atoms with Crippen molar-refractivity contribution in [3.05, 3.63) is 97.1 Å². The van der Waals surface area contributed by atoms with Gasteiger partial charge in [-0.1, -0.05) is 90.5 Å². The molecule has 1 heteroatoms. The molecular weight excluding hydrogens is 359 g/mol. The van der Waals surface area contributed by atoms with Crippen LogP contribution in [0.15, 0.2) is 97.1 Å². The van der Waals surface area contributed by atoms with Gasteiger partial charge in [-0.25, -0.2) is 0 Å². The Kier molecular flexibility index (Phi) is 3.11. The minimum atomic E-state index is 0.418. The van der Waals surface area contributed by atoms with Gasteiger partial charge in [0.05, 0.1) is 0 Å². The predicted octanol–water partition coefficient (Wildman–Crippen LogP) is 6.52. The molecule has 1 heterocycles. The molecule has 30 heavy (non-hydrogen) atoms. The molecule has 0 aliphatic carbocycles. The number of fused-ring (bicyclic) bond motifs is 9. The Bertz CT molecular complexity index is 1530. The first-order chi connectivity index (χ1) is 14.8. The van der Waals surface area contributed by atoms with Gasteiger partial charge < -0.3 is 0 Å². The van der Waals surface area contributed by atoms with E-state index < -0.39 is 0 Å². The Morgan fingerprint density at radius 2 is 0.833 bits per heavy atom. The minimum Gasteiger partial charge on any atom is -0.0774 e. The summed E-state index contributed by atoms with van der Waals surface area (Å²) in [4.78, 5) is 0. The standard InChI is InChI=1S/C29H19B/c1-30-26-12-10-22-14-18-6-2-4-8-20(18)16-24(22)28(26)29-25-17-21-9-5-3-7-19(21)15-23(25)11-13-27(29)30/h2-17H,1H3. The second kappa shape index (κ2) is 5.74. The molecule has 0 fully saturated rings. The first-order valence-electron chi connectivity index (χ1n) is 10.7. The molecule has 1 aliphatic heterocycles. The highest BCUT2D eigenvalue weighted by Crippen LogP contribution is 2.38. The molecule has 0 aromatic heterocycles. The van der Waals surface area contributed by atoms with Crippen LogP contribution in [0.5, 0.6) is 0 Å². The van der Waals surface area contributed by atoms with Crippen LogP contribution >= 0.6 is 0 Å². The smallest absolute Gasteiger partial charge is 0.0774 e. The molecule has 0 amide bonds. The highest BCUT2D eigenvalue weighted by Gasteiger charge is 2.31. The third-order valence-electron chi connectivity index (χ3n) is 7.02. The molecule has 0 radical (unpaired) electrons. The third kappa shape index (κ3) is 2.07. The van der Waals surface area contributed by atoms with Gasteiger partial charge in [-0.3, -0.25) is 0 Å². The number of rotatable bonds is 0. The van der Waals surface area contributed by atoms with Gasteiger partial charge in [0, 0.05) is 0 Å². The van der Waals surface area contributed by atoms with E-state index in [1.807, 2.05) is 0 Å². The van der Waals surface area contributed by atoms with E-state index in [0.717, 1.165) is 0 Å². The van der Waals surface area contributed by atoms with Gasteiger partial charge in [0.1, 0.15) is 0 Å². The zero-order valence-corrected chi connectivity index (χ0v) is 16.8. The van der Waals surface area contributed by atoms with E-state index in [-0.39, 0.29) is 0 Å². The Morgan fingerprint density at radius 1 is 0.433 bits per heavy atom. The zero-order valence-electron chi connectivity index (χ0n) is 16.8. The van der Waals surface area contributed by atoms with Crippen molar-refractivity contribution >= 4 is 60.7 Å². The number of hydrogen-bond acceptors (Lipinski definition) is 0. The van der Waals surface area contributed by atoms with Crippen molar-refractivity contribution < 1.29 is 0 Å². The lowest BCUT2D eigenvalue weighted by atomic mass is 9.45. The molecule has 6 aromatic carbocycles. The largest absolute Gasteiger partial charge is 0.207 e. The summed E-state index contributed by atoms with van der Waals surface area (Å²) >= 11 is 0. The molecule has 0 saturated carbocycles. The SMILES string of the molecule is CB1c2ccc3cc4ccccc4cc3c2-c2c1ccc1cc3ccccc3cc21. The molecule has 138 valence electrons. The van der Waals surface area contributed by atoms with Crippen molar-refractivity contribution in [2.45, 2.75) is 6.82 Å². The van der Waals surface area contributed by atoms with Crippen LogP contribution in [0.2, 0.25) is 6.82 Å². The van der Waals surface area contributed by atoms with Crippen molar-refractivity contribution in [2.24, 2.45) is 0 Å². The molecule has 0 atom stereocenters. The van der Waals surface area contributed by atoms with Gasteiger partial charge in [-0.05, 0) is 78.5 Å². The molecule has 0 unspecified atom stereocenters. The van der Waals surface area contributed by atoms with E-state index in [2.05, 4.69) is 104 Å². The summed E-state index contributed by atoms with van der Waals surface area (Å²) in [6.45, 7) is 2.77. The molecular formula is C29H19B. The summed E-state index contributed by atoms with van der Waals surface area (Å²) in [5.74, 6) is 0. The van der Waals surface area contributed by atoms with Crippen molar-refractivity contribution in [3.8, 4) is 11.1 Å². The van der Waals surface area contributed by atoms with Crippen LogP contribution in [-0.2, 0) is 0 Å². The number of benzene rings is 6. The van der Waals surface area contributed by atoms with E-state index in [1.165, 1.54) is 65.1 Å². The van der Waals surface area contributed by atoms with E-state index in [9.17, 15) is 0 Å². The average Bonchev–Trinajstić information content (AvgIpc) is 3.09. The van der Waals surface area contributed by atoms with Crippen LogP contribution in [0.3, 0.4) is 0 Å². The van der Waals surface area contributed by atoms with Crippen LogP contribution in [0.25, 0.3) is 54.2 Å². The van der Waals surface area contributed by atoms with Crippen LogP contribution in [0.1, 0.15) is 0 Å². The normalized spacial score (nSPS) is 12.8. The second-order valence-corrected chi connectivity index (χ2v) is 8.62. The minimum absolute atomic E-state index is 0.418. The van der Waals surface area contributed by atoms with Crippen LogP contribution < -0.4 is 10.9 Å². The van der Waals surface area contributed by atoms with Crippen LogP contribution in [0, 0.1) is 0 Å². The maximum Gasteiger partial charge on any atom is 0.207 e. The molecule has 0 saturated heterocycles. The fourth-order valence-corrected chi connectivity index (χ4v) is 5.51. The van der Waals surface area contributed by atoms with Gasteiger partial charge in [0.2, 0.25) is 6.71 Å². The summed E-state index contributed by atoms with van der Waals surface area (Å²) in [7, 11) is 0. The van der Waals surface area contributed by atoms with Crippen LogP contribution in [-0.4, -0.2) is 6.71 Å². The van der Waals surface area contributed by atoms with Crippen LogP contribution in [0.4, 0.5) is 0 Å². The second-order valence-electron chi connectivity index (χ2n) is 8.62. The molecule has 0 nitrogen and oxygen atoms in total. The molecule has 7 rings (SSSR count). The van der Waals surface area contributed by atoms with Gasteiger partial charge >= 0.3 is 0 Å². The molecule has 0 spiro atoms. The molecule has 0 bridgehead atoms. The van der Waals surface area contributed by atoms with E-state index in [0.29, 0.717) is 6.71 Å². The predicted molar refractivity (Wildman–Crippen MR) is 133 cm³/mol. The van der Waals surface area contributed by atoms with Gasteiger partial charge in [-0.15, -0.1) is 0 Å². The third-order valence-corrected chi connectivity index (χ3v) is 7.02. The van der Waals surface area contributed by atoms with Gasteiger partial charge in [0.15, 0.2) is 0 Å². The summed E-state index contributed by atoms with van der Waals surface area (Å²) in [5, 5.41) is 10.6. The highest BCUT2D eigenvalue weighted by atomic mass is 14.2. The van der Waals surface area contributed by atoms with E-state index >= 15 is 0 Å². The van der Waals surface area contributed by atoms with E-state index in [4.69, 9.17) is 0 Å². The lowest BCUT2D eigenvalue weighted by Gasteiger charge is -2.13. The number of hydrogen-bond donors (Lipinski definition) is 0. The monoisotopic (exact) mass is 378 g/mol. The summed E-state index contributed by atoms with van der Waals surface area (Å²) in [6, 6.07) is 36.2. The summed E-state index contributed by atoms with van der Waals surface area (Å²) < 4.78 is 0. The lowest BCUT2D eigenvalue weighted by molar-refractivity contribution is 1.76. The van der Waals surface area contributed by atoms with Crippen molar-refractivity contribution in [3.63, 3.8) is 0 Å². The first-order valence-corrected chi connectivity index (χ1v) is 10.7. The quantitative estimate of drug-likeness (QED) is 0.209. The van der Waals surface area contributed by atoms with E-state index in [1.54, 1.807) is 0 Å². The molecule has 6 aromatic rings. The maximum absolute atomic E-state index is 2.39.